The lowest BCUT2D eigenvalue weighted by Gasteiger charge is -2.25. The number of hydrogen-bond acceptors (Lipinski definition) is 6. The molecule has 10 heteroatoms. The monoisotopic (exact) mass is 405 g/mol. The van der Waals surface area contributed by atoms with Crippen molar-refractivity contribution < 1.29 is 22.5 Å². The molecule has 0 aliphatic carbocycles. The summed E-state index contributed by atoms with van der Waals surface area (Å²) in [6.45, 7) is 0.729. The molecule has 28 heavy (non-hydrogen) atoms. The van der Waals surface area contributed by atoms with Gasteiger partial charge in [-0.25, -0.2) is 12.8 Å². The lowest BCUT2D eigenvalue weighted by Crippen LogP contribution is -2.35. The maximum atomic E-state index is 13.7. The van der Waals surface area contributed by atoms with E-state index in [0.29, 0.717) is 13.1 Å². The van der Waals surface area contributed by atoms with Crippen LogP contribution < -0.4 is 4.74 Å². The topological polar surface area (TPSA) is 114 Å². The van der Waals surface area contributed by atoms with Gasteiger partial charge in [-0.15, -0.1) is 0 Å². The van der Waals surface area contributed by atoms with E-state index >= 15 is 0 Å². The molecule has 2 aromatic carbocycles. The van der Waals surface area contributed by atoms with Crippen molar-refractivity contribution in [1.82, 2.24) is 4.31 Å². The summed E-state index contributed by atoms with van der Waals surface area (Å²) in [4.78, 5) is 10.5. The fourth-order valence-electron chi connectivity index (χ4n) is 2.96. The van der Waals surface area contributed by atoms with Gasteiger partial charge in [0, 0.05) is 19.2 Å². The van der Waals surface area contributed by atoms with Gasteiger partial charge in [-0.2, -0.15) is 9.57 Å². The normalized spacial score (nSPS) is 15.0. The molecule has 0 atom stereocenters. The first kappa shape index (κ1) is 19.7. The minimum Gasteiger partial charge on any atom is -0.449 e. The Balaban J connectivity index is 2.00. The van der Waals surface area contributed by atoms with Gasteiger partial charge >= 0.3 is 5.69 Å². The third-order valence-corrected chi connectivity index (χ3v) is 6.28. The molecular weight excluding hydrogens is 389 g/mol. The molecule has 0 radical (unpaired) electrons. The first-order chi connectivity index (χ1) is 13.3. The number of hydrogen-bond donors (Lipinski definition) is 0. The zero-order valence-electron chi connectivity index (χ0n) is 14.7. The molecule has 1 fully saturated rings. The number of nitro benzene ring substituents is 1. The first-order valence-corrected chi connectivity index (χ1v) is 9.93. The standard InChI is InChI=1S/C18H16FN3O5S/c19-15-5-4-6-17(14(15)12-20)27-18-8-7-13(11-16(18)22(23)24)28(25,26)21-9-2-1-3-10-21/h4-8,11H,1-3,9-10H2. The van der Waals surface area contributed by atoms with Crippen LogP contribution in [0.4, 0.5) is 10.1 Å². The van der Waals surface area contributed by atoms with E-state index in [-0.39, 0.29) is 16.4 Å². The lowest BCUT2D eigenvalue weighted by molar-refractivity contribution is -0.385. The lowest BCUT2D eigenvalue weighted by atomic mass is 10.2. The summed E-state index contributed by atoms with van der Waals surface area (Å²) in [6.07, 6.45) is 2.41. The Morgan fingerprint density at radius 1 is 1.14 bits per heavy atom. The van der Waals surface area contributed by atoms with E-state index in [0.717, 1.165) is 37.5 Å². The number of sulfonamides is 1. The molecule has 2 aromatic rings. The Hall–Kier alpha value is -3.03. The maximum absolute atomic E-state index is 13.7. The summed E-state index contributed by atoms with van der Waals surface area (Å²) in [5.41, 5.74) is -0.993. The van der Waals surface area contributed by atoms with Crippen molar-refractivity contribution in [3.8, 4) is 17.6 Å². The van der Waals surface area contributed by atoms with Gasteiger partial charge in [0.2, 0.25) is 15.8 Å². The third kappa shape index (κ3) is 3.81. The molecule has 0 saturated carbocycles. The summed E-state index contributed by atoms with van der Waals surface area (Å²) >= 11 is 0. The Kier molecular flexibility index (Phi) is 5.58. The van der Waals surface area contributed by atoms with Gasteiger partial charge < -0.3 is 4.74 Å². The largest absolute Gasteiger partial charge is 0.449 e. The van der Waals surface area contributed by atoms with E-state index in [2.05, 4.69) is 0 Å². The number of rotatable bonds is 5. The first-order valence-electron chi connectivity index (χ1n) is 8.49. The molecule has 0 amide bonds. The van der Waals surface area contributed by atoms with Crippen molar-refractivity contribution in [3.63, 3.8) is 0 Å². The van der Waals surface area contributed by atoms with Gasteiger partial charge in [0.15, 0.2) is 0 Å². The molecule has 0 bridgehead atoms. The number of halogens is 1. The Bertz CT molecular complexity index is 1060. The molecule has 3 rings (SSSR count). The quantitative estimate of drug-likeness (QED) is 0.555. The van der Waals surface area contributed by atoms with Gasteiger partial charge in [0.05, 0.1) is 9.82 Å². The third-order valence-electron chi connectivity index (χ3n) is 4.39. The highest BCUT2D eigenvalue weighted by Gasteiger charge is 2.29. The van der Waals surface area contributed by atoms with Crippen LogP contribution in [-0.4, -0.2) is 30.7 Å². The number of ether oxygens (including phenoxy) is 1. The van der Waals surface area contributed by atoms with Crippen LogP contribution in [0.2, 0.25) is 0 Å². The van der Waals surface area contributed by atoms with E-state index < -0.39 is 32.0 Å². The van der Waals surface area contributed by atoms with Gasteiger partial charge in [-0.05, 0) is 37.1 Å². The number of nitrogens with zero attached hydrogens (tertiary/aromatic N) is 3. The predicted octanol–water partition coefficient (Wildman–Crippen LogP) is 3.57. The van der Waals surface area contributed by atoms with E-state index in [1.807, 2.05) is 0 Å². The predicted molar refractivity (Wildman–Crippen MR) is 96.9 cm³/mol. The number of nitriles is 1. The maximum Gasteiger partial charge on any atom is 0.312 e. The molecular formula is C18H16FN3O5S. The molecule has 146 valence electrons. The van der Waals surface area contributed by atoms with Crippen LogP contribution in [0.3, 0.4) is 0 Å². The molecule has 1 heterocycles. The summed E-state index contributed by atoms with van der Waals surface area (Å²) in [5.74, 6) is -1.31. The highest BCUT2D eigenvalue weighted by atomic mass is 32.2. The van der Waals surface area contributed by atoms with Crippen LogP contribution >= 0.6 is 0 Å². The van der Waals surface area contributed by atoms with Crippen molar-refractivity contribution in [2.75, 3.05) is 13.1 Å². The molecule has 0 unspecified atom stereocenters. The minimum atomic E-state index is -3.87. The smallest absolute Gasteiger partial charge is 0.312 e. The zero-order chi connectivity index (χ0) is 20.3. The van der Waals surface area contributed by atoms with Gasteiger partial charge in [-0.1, -0.05) is 12.5 Å². The molecule has 1 aliphatic heterocycles. The fourth-order valence-corrected chi connectivity index (χ4v) is 4.49. The molecule has 1 aliphatic rings. The second-order valence-electron chi connectivity index (χ2n) is 6.18. The Morgan fingerprint density at radius 2 is 1.86 bits per heavy atom. The van der Waals surface area contributed by atoms with Crippen LogP contribution in [0.1, 0.15) is 24.8 Å². The van der Waals surface area contributed by atoms with Crippen molar-refractivity contribution in [1.29, 1.82) is 5.26 Å². The second kappa shape index (κ2) is 7.92. The van der Waals surface area contributed by atoms with Gasteiger partial charge in [0.25, 0.3) is 0 Å². The Morgan fingerprint density at radius 3 is 2.50 bits per heavy atom. The summed E-state index contributed by atoms with van der Waals surface area (Å²) in [7, 11) is -3.87. The van der Waals surface area contributed by atoms with E-state index in [4.69, 9.17) is 10.00 Å². The van der Waals surface area contributed by atoms with Crippen LogP contribution in [0, 0.1) is 27.3 Å². The number of piperidine rings is 1. The van der Waals surface area contributed by atoms with Crippen LogP contribution in [0.15, 0.2) is 41.3 Å². The van der Waals surface area contributed by atoms with Gasteiger partial charge in [0.1, 0.15) is 23.2 Å². The molecule has 0 spiro atoms. The average Bonchev–Trinajstić information content (AvgIpc) is 2.69. The Labute approximate surface area is 161 Å². The SMILES string of the molecule is N#Cc1c(F)cccc1Oc1ccc(S(=O)(=O)N2CCCCC2)cc1[N+](=O)[O-]. The number of benzene rings is 2. The number of nitro groups is 1. The zero-order valence-corrected chi connectivity index (χ0v) is 15.5. The molecule has 8 nitrogen and oxygen atoms in total. The molecule has 0 N–H and O–H groups in total. The summed E-state index contributed by atoms with van der Waals surface area (Å²) in [6, 6.07) is 8.56. The highest BCUT2D eigenvalue weighted by Crippen LogP contribution is 2.36. The average molecular weight is 405 g/mol. The van der Waals surface area contributed by atoms with Crippen LogP contribution in [0.5, 0.6) is 11.5 Å². The summed E-state index contributed by atoms with van der Waals surface area (Å²) < 4.78 is 45.9. The second-order valence-corrected chi connectivity index (χ2v) is 8.12. The van der Waals surface area contributed by atoms with Crippen LogP contribution in [0.25, 0.3) is 0 Å². The van der Waals surface area contributed by atoms with Crippen LogP contribution in [-0.2, 0) is 10.0 Å². The van der Waals surface area contributed by atoms with E-state index in [9.17, 15) is 22.9 Å². The van der Waals surface area contributed by atoms with Crippen molar-refractivity contribution >= 4 is 15.7 Å². The van der Waals surface area contributed by atoms with Gasteiger partial charge in [-0.3, -0.25) is 10.1 Å². The summed E-state index contributed by atoms with van der Waals surface area (Å²) in [5, 5.41) is 20.5. The highest BCUT2D eigenvalue weighted by molar-refractivity contribution is 7.89. The van der Waals surface area contributed by atoms with E-state index in [1.54, 1.807) is 6.07 Å². The van der Waals surface area contributed by atoms with E-state index in [1.165, 1.54) is 22.5 Å². The molecule has 0 aromatic heterocycles. The van der Waals surface area contributed by atoms with Crippen molar-refractivity contribution in [3.05, 3.63) is 57.9 Å². The van der Waals surface area contributed by atoms with Crippen molar-refractivity contribution in [2.24, 2.45) is 0 Å². The fraction of sp³-hybridized carbons (Fsp3) is 0.278. The molecule has 1 saturated heterocycles. The minimum absolute atomic E-state index is 0.197. The van der Waals surface area contributed by atoms with Crippen molar-refractivity contribution in [2.45, 2.75) is 24.2 Å².